The summed E-state index contributed by atoms with van der Waals surface area (Å²) in [5.41, 5.74) is 16.6. The smallest absolute Gasteiger partial charge is 0.250 e. The monoisotopic (exact) mass is 249 g/mol. The van der Waals surface area contributed by atoms with Gasteiger partial charge in [-0.15, -0.1) is 0 Å². The van der Waals surface area contributed by atoms with Crippen LogP contribution in [0.2, 0.25) is 0 Å². The van der Waals surface area contributed by atoms with E-state index in [0.29, 0.717) is 25.3 Å². The minimum absolute atomic E-state index is 0.179. The highest BCUT2D eigenvalue weighted by Crippen LogP contribution is 2.24. The summed E-state index contributed by atoms with van der Waals surface area (Å²) < 4.78 is 0. The average molecular weight is 249 g/mol. The third-order valence-electron chi connectivity index (χ3n) is 3.10. The standard InChI is InChI=1S/C11H15N5O2/c12-8-4-15-9(3-7(8)11(14)18)16-2-1-6(5-16)10(13)17/h3-4,6H,1-2,5,12H2,(H2,13,17)(H2,14,18). The molecule has 0 aromatic carbocycles. The molecule has 0 spiro atoms. The van der Waals surface area contributed by atoms with E-state index in [9.17, 15) is 9.59 Å². The fourth-order valence-electron chi connectivity index (χ4n) is 2.04. The normalized spacial score (nSPS) is 18.9. The van der Waals surface area contributed by atoms with Crippen molar-refractivity contribution in [3.8, 4) is 0 Å². The van der Waals surface area contributed by atoms with Crippen molar-refractivity contribution in [3.63, 3.8) is 0 Å². The van der Waals surface area contributed by atoms with E-state index >= 15 is 0 Å². The average Bonchev–Trinajstić information content (AvgIpc) is 2.78. The quantitative estimate of drug-likeness (QED) is 0.637. The molecule has 6 N–H and O–H groups in total. The van der Waals surface area contributed by atoms with Crippen molar-refractivity contribution in [2.24, 2.45) is 17.4 Å². The number of pyridine rings is 1. The molecule has 0 bridgehead atoms. The molecular weight excluding hydrogens is 234 g/mol. The lowest BCUT2D eigenvalue weighted by Crippen LogP contribution is -2.28. The third kappa shape index (κ3) is 2.20. The zero-order valence-corrected chi connectivity index (χ0v) is 9.80. The van der Waals surface area contributed by atoms with Crippen LogP contribution in [-0.2, 0) is 4.79 Å². The Morgan fingerprint density at radius 2 is 2.11 bits per heavy atom. The minimum atomic E-state index is -0.596. The maximum absolute atomic E-state index is 11.2. The number of carbonyl (C=O) groups excluding carboxylic acids is 2. The molecule has 1 aromatic heterocycles. The Bertz CT molecular complexity index is 502. The van der Waals surface area contributed by atoms with E-state index in [4.69, 9.17) is 17.2 Å². The molecule has 1 atom stereocenters. The first-order chi connectivity index (χ1) is 8.49. The summed E-state index contributed by atoms with van der Waals surface area (Å²) in [6.07, 6.45) is 2.08. The molecular formula is C11H15N5O2. The van der Waals surface area contributed by atoms with Crippen LogP contribution in [0.1, 0.15) is 16.8 Å². The SMILES string of the molecule is NC(=O)c1cc(N2CCC(C(N)=O)C2)ncc1N. The lowest BCUT2D eigenvalue weighted by Gasteiger charge is -2.17. The van der Waals surface area contributed by atoms with Crippen molar-refractivity contribution >= 4 is 23.3 Å². The highest BCUT2D eigenvalue weighted by molar-refractivity contribution is 5.98. The molecule has 2 amide bonds. The number of primary amides is 2. The van der Waals surface area contributed by atoms with Gasteiger partial charge in [-0.1, -0.05) is 0 Å². The van der Waals surface area contributed by atoms with E-state index in [1.807, 2.05) is 4.90 Å². The molecule has 1 aromatic rings. The predicted octanol–water partition coefficient (Wildman–Crippen LogP) is -0.926. The molecule has 96 valence electrons. The number of anilines is 2. The summed E-state index contributed by atoms with van der Waals surface area (Å²) in [6, 6.07) is 1.54. The van der Waals surface area contributed by atoms with Crippen molar-refractivity contribution in [1.29, 1.82) is 0 Å². The van der Waals surface area contributed by atoms with Crippen molar-refractivity contribution in [3.05, 3.63) is 17.8 Å². The second kappa shape index (κ2) is 4.52. The Hall–Kier alpha value is -2.31. The first kappa shape index (κ1) is 12.2. The lowest BCUT2D eigenvalue weighted by molar-refractivity contribution is -0.121. The lowest BCUT2D eigenvalue weighted by atomic mass is 10.1. The van der Waals surface area contributed by atoms with E-state index in [1.54, 1.807) is 6.07 Å². The summed E-state index contributed by atoms with van der Waals surface area (Å²) in [6.45, 7) is 1.17. The van der Waals surface area contributed by atoms with E-state index in [2.05, 4.69) is 4.98 Å². The fourth-order valence-corrected chi connectivity index (χ4v) is 2.04. The first-order valence-electron chi connectivity index (χ1n) is 5.58. The van der Waals surface area contributed by atoms with Gasteiger partial charge < -0.3 is 22.1 Å². The van der Waals surface area contributed by atoms with Gasteiger partial charge >= 0.3 is 0 Å². The van der Waals surface area contributed by atoms with Gasteiger partial charge in [-0.25, -0.2) is 4.98 Å². The van der Waals surface area contributed by atoms with Gasteiger partial charge in [0.05, 0.1) is 23.4 Å². The highest BCUT2D eigenvalue weighted by atomic mass is 16.1. The molecule has 2 rings (SSSR count). The van der Waals surface area contributed by atoms with Crippen LogP contribution in [0.15, 0.2) is 12.3 Å². The van der Waals surface area contributed by atoms with Gasteiger partial charge in [0, 0.05) is 13.1 Å². The van der Waals surface area contributed by atoms with Crippen LogP contribution in [0.5, 0.6) is 0 Å². The number of nitrogens with zero attached hydrogens (tertiary/aromatic N) is 2. The maximum atomic E-state index is 11.2. The molecule has 1 saturated heterocycles. The molecule has 1 unspecified atom stereocenters. The Balaban J connectivity index is 2.22. The number of nitrogen functional groups attached to an aromatic ring is 1. The molecule has 7 nitrogen and oxygen atoms in total. The third-order valence-corrected chi connectivity index (χ3v) is 3.10. The van der Waals surface area contributed by atoms with Crippen LogP contribution in [0.3, 0.4) is 0 Å². The summed E-state index contributed by atoms with van der Waals surface area (Å²) in [5.74, 6) is -0.506. The summed E-state index contributed by atoms with van der Waals surface area (Å²) in [4.78, 5) is 28.3. The van der Waals surface area contributed by atoms with Gasteiger partial charge in [-0.05, 0) is 12.5 Å². The highest BCUT2D eigenvalue weighted by Gasteiger charge is 2.27. The summed E-state index contributed by atoms with van der Waals surface area (Å²) in [5, 5.41) is 0. The predicted molar refractivity (Wildman–Crippen MR) is 66.7 cm³/mol. The van der Waals surface area contributed by atoms with Crippen molar-refractivity contribution in [2.75, 3.05) is 23.7 Å². The molecule has 0 radical (unpaired) electrons. The topological polar surface area (TPSA) is 128 Å². The Labute approximate surface area is 104 Å². The zero-order valence-electron chi connectivity index (χ0n) is 9.80. The Morgan fingerprint density at radius 3 is 2.67 bits per heavy atom. The van der Waals surface area contributed by atoms with E-state index in [0.717, 1.165) is 0 Å². The second-order valence-corrected chi connectivity index (χ2v) is 4.33. The van der Waals surface area contributed by atoms with Crippen molar-refractivity contribution in [2.45, 2.75) is 6.42 Å². The van der Waals surface area contributed by atoms with Gasteiger partial charge in [0.25, 0.3) is 5.91 Å². The number of carbonyl (C=O) groups is 2. The molecule has 1 aliphatic rings. The summed E-state index contributed by atoms with van der Waals surface area (Å²) in [7, 11) is 0. The molecule has 2 heterocycles. The number of amides is 2. The van der Waals surface area contributed by atoms with Crippen LogP contribution >= 0.6 is 0 Å². The van der Waals surface area contributed by atoms with Crippen molar-refractivity contribution in [1.82, 2.24) is 4.98 Å². The summed E-state index contributed by atoms with van der Waals surface area (Å²) >= 11 is 0. The number of rotatable bonds is 3. The number of nitrogens with two attached hydrogens (primary N) is 3. The number of aromatic nitrogens is 1. The fraction of sp³-hybridized carbons (Fsp3) is 0.364. The van der Waals surface area contributed by atoms with Gasteiger partial charge in [-0.2, -0.15) is 0 Å². The van der Waals surface area contributed by atoms with Gasteiger partial charge in [-0.3, -0.25) is 9.59 Å². The largest absolute Gasteiger partial charge is 0.397 e. The van der Waals surface area contributed by atoms with Gasteiger partial charge in [0.15, 0.2) is 0 Å². The van der Waals surface area contributed by atoms with Gasteiger partial charge in [0.1, 0.15) is 5.82 Å². The van der Waals surface area contributed by atoms with Crippen LogP contribution in [-0.4, -0.2) is 29.9 Å². The molecule has 0 saturated carbocycles. The minimum Gasteiger partial charge on any atom is -0.397 e. The molecule has 18 heavy (non-hydrogen) atoms. The molecule has 1 aliphatic heterocycles. The molecule has 7 heteroatoms. The van der Waals surface area contributed by atoms with Crippen molar-refractivity contribution < 1.29 is 9.59 Å². The van der Waals surface area contributed by atoms with Crippen LogP contribution in [0.4, 0.5) is 11.5 Å². The van der Waals surface area contributed by atoms with Gasteiger partial charge in [0.2, 0.25) is 5.91 Å². The Kier molecular flexibility index (Phi) is 3.05. The van der Waals surface area contributed by atoms with Crippen LogP contribution < -0.4 is 22.1 Å². The zero-order chi connectivity index (χ0) is 13.3. The number of hydrogen-bond acceptors (Lipinski definition) is 5. The maximum Gasteiger partial charge on any atom is 0.250 e. The van der Waals surface area contributed by atoms with E-state index < -0.39 is 5.91 Å². The van der Waals surface area contributed by atoms with Crippen LogP contribution in [0, 0.1) is 5.92 Å². The Morgan fingerprint density at radius 1 is 1.39 bits per heavy atom. The van der Waals surface area contributed by atoms with Crippen LogP contribution in [0.25, 0.3) is 0 Å². The first-order valence-corrected chi connectivity index (χ1v) is 5.58. The van der Waals surface area contributed by atoms with E-state index in [1.165, 1.54) is 6.20 Å². The second-order valence-electron chi connectivity index (χ2n) is 4.33. The number of hydrogen-bond donors (Lipinski definition) is 3. The van der Waals surface area contributed by atoms with E-state index in [-0.39, 0.29) is 23.1 Å². The molecule has 1 fully saturated rings. The molecule has 0 aliphatic carbocycles.